The molecule has 2 aromatic heterocycles. The summed E-state index contributed by atoms with van der Waals surface area (Å²) >= 11 is 3.94. The molecule has 2 unspecified atom stereocenters. The second-order valence-corrected chi connectivity index (χ2v) is 13.7. The number of hydrogen-bond donors (Lipinski definition) is 2. The van der Waals surface area contributed by atoms with Gasteiger partial charge in [0.25, 0.3) is 0 Å². The molecule has 3 nitrogen and oxygen atoms in total. The van der Waals surface area contributed by atoms with Gasteiger partial charge in [0.2, 0.25) is 0 Å². The Balaban J connectivity index is 1.14. The second-order valence-electron chi connectivity index (χ2n) is 11.5. The predicted octanol–water partition coefficient (Wildman–Crippen LogP) is 9.89. The van der Waals surface area contributed by atoms with Crippen molar-refractivity contribution in [1.29, 1.82) is 0 Å². The summed E-state index contributed by atoms with van der Waals surface area (Å²) in [4.78, 5) is 8.18. The number of aryl methyl sites for hydroxylation is 2. The lowest BCUT2D eigenvalue weighted by molar-refractivity contribution is 0.409. The molecule has 0 fully saturated rings. The van der Waals surface area contributed by atoms with Gasteiger partial charge in [0.1, 0.15) is 18.2 Å². The average Bonchev–Trinajstić information content (AvgIpc) is 3.67. The summed E-state index contributed by atoms with van der Waals surface area (Å²) in [6, 6.07) is 45.7. The molecule has 7 aromatic rings. The molecule has 5 aromatic carbocycles. The molecule has 3 heterocycles. The van der Waals surface area contributed by atoms with Crippen LogP contribution in [0.2, 0.25) is 0 Å². The summed E-state index contributed by atoms with van der Waals surface area (Å²) in [5.41, 5.74) is 8.96. The Bertz CT molecular complexity index is 2190. The molecule has 0 radical (unpaired) electrons. The van der Waals surface area contributed by atoms with E-state index in [2.05, 4.69) is 132 Å². The van der Waals surface area contributed by atoms with E-state index in [1.54, 1.807) is 0 Å². The average molecular weight is 604 g/mol. The zero-order valence-corrected chi connectivity index (χ0v) is 25.6. The van der Waals surface area contributed by atoms with Crippen molar-refractivity contribution in [1.82, 2.24) is 10.6 Å². The maximum atomic E-state index is 5.19. The molecular weight excluding hydrogens is 575 g/mol. The molecule has 0 bridgehead atoms. The van der Waals surface area contributed by atoms with Gasteiger partial charge in [0.05, 0.1) is 0 Å². The first-order valence-corrected chi connectivity index (χ1v) is 16.8. The Morgan fingerprint density at radius 1 is 0.636 bits per heavy atom. The number of thiophene rings is 2. The third kappa shape index (κ3) is 4.31. The van der Waals surface area contributed by atoms with Gasteiger partial charge >= 0.3 is 0 Å². The zero-order chi connectivity index (χ0) is 29.0. The SMILES string of the molecule is c1ccc(C2=NC(c3cccc(-c4cccc5c6c(sc45)CCc4c-6sc5ccccc45)c3)NC(c3ccccc3)N2)cc1. The lowest BCUT2D eigenvalue weighted by Gasteiger charge is -2.32. The van der Waals surface area contributed by atoms with Gasteiger partial charge in [-0.05, 0) is 58.2 Å². The first-order valence-electron chi connectivity index (χ1n) is 15.2. The van der Waals surface area contributed by atoms with E-state index in [4.69, 9.17) is 4.99 Å². The van der Waals surface area contributed by atoms with E-state index in [1.807, 2.05) is 28.7 Å². The van der Waals surface area contributed by atoms with Gasteiger partial charge in [-0.1, -0.05) is 115 Å². The summed E-state index contributed by atoms with van der Waals surface area (Å²) in [5.74, 6) is 0.903. The summed E-state index contributed by atoms with van der Waals surface area (Å²) in [5, 5.41) is 10.2. The first kappa shape index (κ1) is 25.9. The fourth-order valence-electron chi connectivity index (χ4n) is 6.77. The number of benzene rings is 5. The standard InChI is InChI=1S/C39H29N3S2/c1-3-11-24(12-4-1)37-40-38(25-13-5-2-6-14-25)42-39(41-37)27-16-9-15-26(23-27)28-18-10-19-31-34-33(44-35(28)31)22-21-30-29-17-7-8-20-32(29)43-36(30)34/h1-20,23,37,39,41H,21-22H2,(H,40,42). The molecule has 0 spiro atoms. The molecule has 0 saturated heterocycles. The van der Waals surface area contributed by atoms with E-state index in [0.29, 0.717) is 0 Å². The van der Waals surface area contributed by atoms with Crippen LogP contribution in [0.25, 0.3) is 41.7 Å². The molecule has 0 saturated carbocycles. The Morgan fingerprint density at radius 3 is 2.25 bits per heavy atom. The fraction of sp³-hybridized carbons (Fsp3) is 0.103. The Labute approximate surface area is 264 Å². The highest BCUT2D eigenvalue weighted by Crippen LogP contribution is 2.51. The molecule has 44 heavy (non-hydrogen) atoms. The third-order valence-electron chi connectivity index (χ3n) is 8.87. The highest BCUT2D eigenvalue weighted by atomic mass is 32.1. The highest BCUT2D eigenvalue weighted by molar-refractivity contribution is 7.24. The van der Waals surface area contributed by atoms with Crippen LogP contribution in [-0.4, -0.2) is 5.84 Å². The van der Waals surface area contributed by atoms with Crippen molar-refractivity contribution < 1.29 is 0 Å². The number of rotatable bonds is 4. The largest absolute Gasteiger partial charge is 0.350 e. The lowest BCUT2D eigenvalue weighted by Crippen LogP contribution is -2.44. The molecule has 2 atom stereocenters. The normalized spacial score (nSPS) is 17.6. The topological polar surface area (TPSA) is 36.4 Å². The minimum absolute atomic E-state index is 0.0551. The van der Waals surface area contributed by atoms with Crippen LogP contribution in [0, 0.1) is 0 Å². The lowest BCUT2D eigenvalue weighted by atomic mass is 9.92. The quantitative estimate of drug-likeness (QED) is 0.210. The van der Waals surface area contributed by atoms with Gasteiger partial charge in [-0.15, -0.1) is 22.7 Å². The van der Waals surface area contributed by atoms with Crippen molar-refractivity contribution in [3.8, 4) is 21.6 Å². The maximum Gasteiger partial charge on any atom is 0.131 e. The van der Waals surface area contributed by atoms with Gasteiger partial charge in [-0.2, -0.15) is 0 Å². The summed E-state index contributed by atoms with van der Waals surface area (Å²) in [7, 11) is 0. The molecule has 1 aliphatic heterocycles. The van der Waals surface area contributed by atoms with Crippen LogP contribution in [-0.2, 0) is 12.8 Å². The van der Waals surface area contributed by atoms with Crippen molar-refractivity contribution in [3.63, 3.8) is 0 Å². The first-order chi connectivity index (χ1) is 21.8. The molecule has 5 heteroatoms. The summed E-state index contributed by atoms with van der Waals surface area (Å²) in [6.45, 7) is 0. The van der Waals surface area contributed by atoms with Crippen LogP contribution >= 0.6 is 22.7 Å². The van der Waals surface area contributed by atoms with Crippen molar-refractivity contribution in [2.75, 3.05) is 0 Å². The van der Waals surface area contributed by atoms with Crippen LogP contribution in [0.1, 0.15) is 39.5 Å². The van der Waals surface area contributed by atoms with E-state index in [1.165, 1.54) is 57.7 Å². The highest BCUT2D eigenvalue weighted by Gasteiger charge is 2.28. The van der Waals surface area contributed by atoms with Gasteiger partial charge in [0, 0.05) is 35.7 Å². The molecular formula is C39H29N3S2. The molecule has 2 aliphatic rings. The van der Waals surface area contributed by atoms with Gasteiger partial charge in [-0.3, -0.25) is 5.32 Å². The number of hydrogen-bond acceptors (Lipinski definition) is 5. The minimum atomic E-state index is -0.187. The van der Waals surface area contributed by atoms with E-state index in [0.717, 1.165) is 29.8 Å². The van der Waals surface area contributed by atoms with Crippen molar-refractivity contribution in [3.05, 3.63) is 155 Å². The molecule has 9 rings (SSSR count). The van der Waals surface area contributed by atoms with Crippen LogP contribution in [0.3, 0.4) is 0 Å². The minimum Gasteiger partial charge on any atom is -0.350 e. The molecule has 212 valence electrons. The number of amidine groups is 1. The number of fused-ring (bicyclic) bond motifs is 7. The molecule has 0 amide bonds. The van der Waals surface area contributed by atoms with Crippen molar-refractivity contribution in [2.45, 2.75) is 25.2 Å². The van der Waals surface area contributed by atoms with E-state index in [9.17, 15) is 0 Å². The number of nitrogens with one attached hydrogen (secondary N) is 2. The molecule has 1 aliphatic carbocycles. The number of aliphatic imine (C=N–C) groups is 1. The monoisotopic (exact) mass is 603 g/mol. The summed E-state index contributed by atoms with van der Waals surface area (Å²) < 4.78 is 2.78. The fourth-order valence-corrected chi connectivity index (χ4v) is 9.52. The van der Waals surface area contributed by atoms with Gasteiger partial charge < -0.3 is 5.32 Å². The van der Waals surface area contributed by atoms with Gasteiger partial charge in [-0.25, -0.2) is 4.99 Å². The van der Waals surface area contributed by atoms with E-state index >= 15 is 0 Å². The zero-order valence-electron chi connectivity index (χ0n) is 24.0. The van der Waals surface area contributed by atoms with Crippen LogP contribution < -0.4 is 10.6 Å². The number of nitrogens with zero attached hydrogens (tertiary/aromatic N) is 1. The predicted molar refractivity (Wildman–Crippen MR) is 187 cm³/mol. The molecule has 2 N–H and O–H groups in total. The van der Waals surface area contributed by atoms with E-state index < -0.39 is 0 Å². The Morgan fingerprint density at radius 2 is 1.36 bits per heavy atom. The summed E-state index contributed by atoms with van der Waals surface area (Å²) in [6.07, 6.45) is 1.99. The van der Waals surface area contributed by atoms with E-state index in [-0.39, 0.29) is 12.3 Å². The Hall–Kier alpha value is -4.55. The van der Waals surface area contributed by atoms with Crippen molar-refractivity contribution in [2.24, 2.45) is 4.99 Å². The Kier molecular flexibility index (Phi) is 6.22. The van der Waals surface area contributed by atoms with Crippen LogP contribution in [0.5, 0.6) is 0 Å². The van der Waals surface area contributed by atoms with Gasteiger partial charge in [0.15, 0.2) is 0 Å². The smallest absolute Gasteiger partial charge is 0.131 e. The van der Waals surface area contributed by atoms with Crippen molar-refractivity contribution >= 4 is 48.7 Å². The maximum absolute atomic E-state index is 5.19. The third-order valence-corrected chi connectivity index (χ3v) is 11.4. The van der Waals surface area contributed by atoms with Crippen LogP contribution in [0.15, 0.2) is 132 Å². The van der Waals surface area contributed by atoms with Crippen LogP contribution in [0.4, 0.5) is 0 Å². The second kappa shape index (κ2) is 10.6.